The van der Waals surface area contributed by atoms with E-state index in [-0.39, 0.29) is 11.7 Å². The van der Waals surface area contributed by atoms with Crippen LogP contribution in [0.3, 0.4) is 0 Å². The highest BCUT2D eigenvalue weighted by Gasteiger charge is 2.28. The predicted octanol–water partition coefficient (Wildman–Crippen LogP) is 3.32. The first-order valence-electron chi connectivity index (χ1n) is 9.66. The van der Waals surface area contributed by atoms with Gasteiger partial charge in [0.2, 0.25) is 10.0 Å². The molecule has 1 N–H and O–H groups in total. The molecule has 7 heteroatoms. The molecule has 1 aliphatic heterocycles. The van der Waals surface area contributed by atoms with Crippen LogP contribution in [0.4, 0.5) is 11.4 Å². The fraction of sp³-hybridized carbons (Fsp3) is 0.381. The topological polar surface area (TPSA) is 69.7 Å². The maximum absolute atomic E-state index is 12.5. The smallest absolute Gasteiger partial charge is 0.255 e. The average Bonchev–Trinajstić information content (AvgIpc) is 3.06. The summed E-state index contributed by atoms with van der Waals surface area (Å²) in [6.45, 7) is 7.63. The van der Waals surface area contributed by atoms with Gasteiger partial charge in [-0.25, -0.2) is 8.42 Å². The molecule has 0 saturated carbocycles. The average molecular weight is 402 g/mol. The lowest BCUT2D eigenvalue weighted by Gasteiger charge is -2.18. The number of nitrogens with one attached hydrogen (secondary N) is 1. The maximum atomic E-state index is 12.5. The fourth-order valence-corrected chi connectivity index (χ4v) is 4.88. The molecule has 1 heterocycles. The van der Waals surface area contributed by atoms with E-state index in [1.807, 2.05) is 24.3 Å². The Balaban J connectivity index is 1.63. The molecule has 1 aliphatic rings. The quantitative estimate of drug-likeness (QED) is 0.773. The van der Waals surface area contributed by atoms with E-state index in [4.69, 9.17) is 0 Å². The van der Waals surface area contributed by atoms with Gasteiger partial charge >= 0.3 is 0 Å². The molecule has 6 nitrogen and oxygen atoms in total. The van der Waals surface area contributed by atoms with Crippen LogP contribution in [0.25, 0.3) is 0 Å². The monoisotopic (exact) mass is 401 g/mol. The Hall–Kier alpha value is -2.38. The first-order chi connectivity index (χ1) is 13.4. The van der Waals surface area contributed by atoms with E-state index < -0.39 is 10.0 Å². The van der Waals surface area contributed by atoms with E-state index >= 15 is 0 Å². The van der Waals surface area contributed by atoms with Crippen LogP contribution in [0.15, 0.2) is 48.5 Å². The minimum absolute atomic E-state index is 0.184. The molecule has 0 spiro atoms. The van der Waals surface area contributed by atoms with Crippen molar-refractivity contribution in [2.24, 2.45) is 0 Å². The van der Waals surface area contributed by atoms with Crippen molar-refractivity contribution in [1.82, 2.24) is 4.90 Å². The number of rotatable bonds is 7. The summed E-state index contributed by atoms with van der Waals surface area (Å²) in [4.78, 5) is 14.8. The van der Waals surface area contributed by atoms with E-state index in [1.165, 1.54) is 9.87 Å². The van der Waals surface area contributed by atoms with Gasteiger partial charge < -0.3 is 5.32 Å². The van der Waals surface area contributed by atoms with Gasteiger partial charge in [-0.15, -0.1) is 0 Å². The van der Waals surface area contributed by atoms with Crippen molar-refractivity contribution in [3.8, 4) is 0 Å². The predicted molar refractivity (Wildman–Crippen MR) is 113 cm³/mol. The standard InChI is InChI=1S/C21H27N3O3S/c1-3-23(4-2)16-17-6-8-18(9-7-17)21(25)22-19-10-12-20(13-11-19)24-14-5-15-28(24,26)27/h6-13H,3-5,14-16H2,1-2H3,(H,22,25). The molecular formula is C21H27N3O3S. The number of benzene rings is 2. The normalized spacial score (nSPS) is 15.8. The van der Waals surface area contributed by atoms with Gasteiger partial charge in [-0.1, -0.05) is 26.0 Å². The molecule has 0 aliphatic carbocycles. The Labute approximate surface area is 167 Å². The Morgan fingerprint density at radius 2 is 1.68 bits per heavy atom. The molecule has 3 rings (SSSR count). The summed E-state index contributed by atoms with van der Waals surface area (Å²) >= 11 is 0. The van der Waals surface area contributed by atoms with Crippen molar-refractivity contribution < 1.29 is 13.2 Å². The van der Waals surface area contributed by atoms with Gasteiger partial charge in [-0.3, -0.25) is 14.0 Å². The Bertz CT molecular complexity index is 905. The third kappa shape index (κ3) is 4.72. The second-order valence-corrected chi connectivity index (χ2v) is 8.91. The van der Waals surface area contributed by atoms with Crippen molar-refractivity contribution in [3.05, 3.63) is 59.7 Å². The number of anilines is 2. The molecule has 0 bridgehead atoms. The molecular weight excluding hydrogens is 374 g/mol. The van der Waals surface area contributed by atoms with E-state index in [2.05, 4.69) is 24.1 Å². The summed E-state index contributed by atoms with van der Waals surface area (Å²) < 4.78 is 25.4. The molecule has 0 radical (unpaired) electrons. The number of amides is 1. The second kappa shape index (κ2) is 8.75. The largest absolute Gasteiger partial charge is 0.322 e. The summed E-state index contributed by atoms with van der Waals surface area (Å²) in [6, 6.07) is 14.5. The van der Waals surface area contributed by atoms with E-state index in [0.29, 0.717) is 29.9 Å². The summed E-state index contributed by atoms with van der Waals surface area (Å²) in [7, 11) is -3.19. The van der Waals surface area contributed by atoms with Crippen LogP contribution in [0.5, 0.6) is 0 Å². The summed E-state index contributed by atoms with van der Waals surface area (Å²) in [5, 5.41) is 2.86. The number of hydrogen-bond acceptors (Lipinski definition) is 4. The molecule has 150 valence electrons. The van der Waals surface area contributed by atoms with Gasteiger partial charge in [0.15, 0.2) is 0 Å². The minimum Gasteiger partial charge on any atom is -0.322 e. The number of hydrogen-bond donors (Lipinski definition) is 1. The zero-order valence-electron chi connectivity index (χ0n) is 16.4. The molecule has 1 amide bonds. The molecule has 1 saturated heterocycles. The van der Waals surface area contributed by atoms with E-state index in [9.17, 15) is 13.2 Å². The SMILES string of the molecule is CCN(CC)Cc1ccc(C(=O)Nc2ccc(N3CCCS3(=O)=O)cc2)cc1. The zero-order valence-corrected chi connectivity index (χ0v) is 17.2. The molecule has 0 unspecified atom stereocenters. The molecule has 2 aromatic rings. The highest BCUT2D eigenvalue weighted by atomic mass is 32.2. The van der Waals surface area contributed by atoms with E-state index in [1.54, 1.807) is 24.3 Å². The number of carbonyl (C=O) groups is 1. The van der Waals surface area contributed by atoms with Crippen LogP contribution < -0.4 is 9.62 Å². The Kier molecular flexibility index (Phi) is 6.36. The van der Waals surface area contributed by atoms with Crippen LogP contribution in [0.2, 0.25) is 0 Å². The molecule has 1 fully saturated rings. The first-order valence-corrected chi connectivity index (χ1v) is 11.3. The van der Waals surface area contributed by atoms with E-state index in [0.717, 1.165) is 19.6 Å². The summed E-state index contributed by atoms with van der Waals surface area (Å²) in [6.07, 6.45) is 0.644. The third-order valence-electron chi connectivity index (χ3n) is 5.03. The van der Waals surface area contributed by atoms with Crippen LogP contribution in [-0.2, 0) is 16.6 Å². The fourth-order valence-electron chi connectivity index (χ4n) is 3.31. The lowest BCUT2D eigenvalue weighted by molar-refractivity contribution is 0.102. The van der Waals surface area contributed by atoms with Crippen molar-refractivity contribution in [2.45, 2.75) is 26.8 Å². The highest BCUT2D eigenvalue weighted by molar-refractivity contribution is 7.93. The lowest BCUT2D eigenvalue weighted by atomic mass is 10.1. The molecule has 28 heavy (non-hydrogen) atoms. The van der Waals surface area contributed by atoms with Gasteiger partial charge in [-0.2, -0.15) is 0 Å². The Morgan fingerprint density at radius 1 is 1.04 bits per heavy atom. The molecule has 0 atom stereocenters. The van der Waals surface area contributed by atoms with Crippen LogP contribution in [0, 0.1) is 0 Å². The number of nitrogens with zero attached hydrogens (tertiary/aromatic N) is 2. The number of carbonyl (C=O) groups excluding carboxylic acids is 1. The molecule has 0 aromatic heterocycles. The second-order valence-electron chi connectivity index (χ2n) is 6.90. The zero-order chi connectivity index (χ0) is 20.1. The van der Waals surface area contributed by atoms with Crippen molar-refractivity contribution in [3.63, 3.8) is 0 Å². The third-order valence-corrected chi connectivity index (χ3v) is 6.90. The van der Waals surface area contributed by atoms with Crippen molar-refractivity contribution in [1.29, 1.82) is 0 Å². The van der Waals surface area contributed by atoms with Gasteiger partial charge in [0.1, 0.15) is 0 Å². The van der Waals surface area contributed by atoms with Gasteiger partial charge in [0.25, 0.3) is 5.91 Å². The lowest BCUT2D eigenvalue weighted by Crippen LogP contribution is -2.25. The Morgan fingerprint density at radius 3 is 2.21 bits per heavy atom. The minimum atomic E-state index is -3.19. The van der Waals surface area contributed by atoms with Crippen LogP contribution in [0.1, 0.15) is 36.2 Å². The van der Waals surface area contributed by atoms with Gasteiger partial charge in [-0.05, 0) is 61.5 Å². The van der Waals surface area contributed by atoms with Gasteiger partial charge in [0, 0.05) is 24.3 Å². The van der Waals surface area contributed by atoms with Crippen LogP contribution >= 0.6 is 0 Å². The van der Waals surface area contributed by atoms with Crippen molar-refractivity contribution in [2.75, 3.05) is 35.0 Å². The summed E-state index contributed by atoms with van der Waals surface area (Å²) in [5.41, 5.74) is 3.04. The first kappa shape index (κ1) is 20.4. The van der Waals surface area contributed by atoms with Gasteiger partial charge in [0.05, 0.1) is 11.4 Å². The highest BCUT2D eigenvalue weighted by Crippen LogP contribution is 2.25. The molecule has 2 aromatic carbocycles. The van der Waals surface area contributed by atoms with Crippen LogP contribution in [-0.4, -0.2) is 44.6 Å². The van der Waals surface area contributed by atoms with Crippen molar-refractivity contribution >= 4 is 27.3 Å². The summed E-state index contributed by atoms with van der Waals surface area (Å²) in [5.74, 6) is 0.00591. The maximum Gasteiger partial charge on any atom is 0.255 e. The number of sulfonamides is 1.